The molecule has 2 aliphatic rings. The monoisotopic (exact) mass is 363 g/mol. The van der Waals surface area contributed by atoms with Gasteiger partial charge in [-0.2, -0.15) is 5.26 Å². The third kappa shape index (κ3) is 3.11. The van der Waals surface area contributed by atoms with Crippen LogP contribution in [0.3, 0.4) is 0 Å². The summed E-state index contributed by atoms with van der Waals surface area (Å²) in [5.74, 6) is 0.0393. The Morgan fingerprint density at radius 2 is 1.96 bits per heavy atom. The van der Waals surface area contributed by atoms with Gasteiger partial charge in [0.2, 0.25) is 0 Å². The average Bonchev–Trinajstić information content (AvgIpc) is 3.18. The first-order valence-corrected chi connectivity index (χ1v) is 9.23. The molecule has 0 aromatic heterocycles. The average molecular weight is 363 g/mol. The van der Waals surface area contributed by atoms with Crippen LogP contribution in [0.25, 0.3) is 0 Å². The lowest BCUT2D eigenvalue weighted by Gasteiger charge is -2.28. The van der Waals surface area contributed by atoms with Crippen molar-refractivity contribution in [1.29, 1.82) is 5.26 Å². The van der Waals surface area contributed by atoms with E-state index in [1.54, 1.807) is 0 Å². The molecular formula is C22H22FN3O. The Morgan fingerprint density at radius 1 is 1.19 bits per heavy atom. The molecule has 4 nitrogen and oxygen atoms in total. The second kappa shape index (κ2) is 6.79. The van der Waals surface area contributed by atoms with E-state index < -0.39 is 5.82 Å². The summed E-state index contributed by atoms with van der Waals surface area (Å²) < 4.78 is 13.7. The number of aryl methyl sites for hydroxylation is 1. The number of halogens is 1. The largest absolute Gasteiger partial charge is 0.338 e. The minimum Gasteiger partial charge on any atom is -0.338 e. The summed E-state index contributed by atoms with van der Waals surface area (Å²) in [6.45, 7) is 4.41. The number of likely N-dealkylation sites (tertiary alicyclic amines) is 2. The van der Waals surface area contributed by atoms with Gasteiger partial charge in [-0.05, 0) is 49.2 Å². The molecule has 0 N–H and O–H groups in total. The van der Waals surface area contributed by atoms with E-state index >= 15 is 0 Å². The zero-order valence-corrected chi connectivity index (χ0v) is 15.5. The van der Waals surface area contributed by atoms with Gasteiger partial charge in [0.1, 0.15) is 5.82 Å². The van der Waals surface area contributed by atoms with E-state index in [1.807, 2.05) is 17.0 Å². The Morgan fingerprint density at radius 3 is 2.70 bits per heavy atom. The molecule has 5 heteroatoms. The molecule has 0 bridgehead atoms. The van der Waals surface area contributed by atoms with Crippen molar-refractivity contribution in [2.45, 2.75) is 13.0 Å². The van der Waals surface area contributed by atoms with Gasteiger partial charge in [0.05, 0.1) is 11.6 Å². The van der Waals surface area contributed by atoms with E-state index in [0.717, 1.165) is 12.6 Å². The van der Waals surface area contributed by atoms with Gasteiger partial charge in [-0.1, -0.05) is 24.3 Å². The molecule has 0 unspecified atom stereocenters. The molecule has 3 atom stereocenters. The first kappa shape index (κ1) is 17.7. The number of rotatable bonds is 2. The van der Waals surface area contributed by atoms with Crippen molar-refractivity contribution < 1.29 is 9.18 Å². The highest BCUT2D eigenvalue weighted by atomic mass is 19.1. The van der Waals surface area contributed by atoms with Crippen LogP contribution in [-0.4, -0.2) is 42.4 Å². The van der Waals surface area contributed by atoms with E-state index in [-0.39, 0.29) is 23.1 Å². The minimum absolute atomic E-state index is 0.176. The lowest BCUT2D eigenvalue weighted by Crippen LogP contribution is -2.33. The lowest BCUT2D eigenvalue weighted by atomic mass is 9.88. The van der Waals surface area contributed by atoms with Gasteiger partial charge in [0.15, 0.2) is 0 Å². The molecule has 2 aliphatic heterocycles. The quantitative estimate of drug-likeness (QED) is 0.822. The number of benzene rings is 2. The van der Waals surface area contributed by atoms with Gasteiger partial charge >= 0.3 is 0 Å². The molecule has 0 spiro atoms. The first-order chi connectivity index (χ1) is 13.0. The van der Waals surface area contributed by atoms with Crippen LogP contribution < -0.4 is 0 Å². The number of fused-ring (bicyclic) bond motifs is 1. The fourth-order valence-corrected chi connectivity index (χ4v) is 4.77. The molecular weight excluding hydrogens is 341 g/mol. The van der Waals surface area contributed by atoms with E-state index in [4.69, 9.17) is 5.26 Å². The topological polar surface area (TPSA) is 47.3 Å². The van der Waals surface area contributed by atoms with Crippen molar-refractivity contribution >= 4 is 5.91 Å². The third-order valence-corrected chi connectivity index (χ3v) is 5.96. The standard InChI is InChI=1S/C22H22FN3O/c1-14-5-3-4-6-19(14)21-20-13-26(12-17(20)11-25(21)2)22(27)16-7-15(10-24)8-18(23)9-16/h3-9,17,20-21H,11-13H2,1-2H3/t17-,20+,21+/m0/s1. The summed E-state index contributed by atoms with van der Waals surface area (Å²) in [6.07, 6.45) is 0. The Labute approximate surface area is 158 Å². The number of carbonyl (C=O) groups is 1. The van der Waals surface area contributed by atoms with E-state index in [1.165, 1.54) is 23.3 Å². The lowest BCUT2D eigenvalue weighted by molar-refractivity contribution is 0.0767. The highest BCUT2D eigenvalue weighted by Crippen LogP contribution is 2.45. The Kier molecular flexibility index (Phi) is 4.45. The second-order valence-electron chi connectivity index (χ2n) is 7.72. The molecule has 0 aliphatic carbocycles. The summed E-state index contributed by atoms with van der Waals surface area (Å²) in [6, 6.07) is 14.5. The van der Waals surface area contributed by atoms with Gasteiger partial charge in [-0.3, -0.25) is 9.69 Å². The van der Waals surface area contributed by atoms with Crippen LogP contribution in [0.4, 0.5) is 4.39 Å². The maximum absolute atomic E-state index is 13.7. The summed E-state index contributed by atoms with van der Waals surface area (Å²) in [5, 5.41) is 9.03. The number of carbonyl (C=O) groups excluding carboxylic acids is 1. The van der Waals surface area contributed by atoms with Crippen LogP contribution in [0.5, 0.6) is 0 Å². The zero-order chi connectivity index (χ0) is 19.1. The van der Waals surface area contributed by atoms with Crippen LogP contribution in [-0.2, 0) is 0 Å². The predicted molar refractivity (Wildman–Crippen MR) is 101 cm³/mol. The summed E-state index contributed by atoms with van der Waals surface area (Å²) in [4.78, 5) is 17.1. The van der Waals surface area contributed by atoms with Crippen molar-refractivity contribution in [3.05, 3.63) is 70.5 Å². The van der Waals surface area contributed by atoms with Gasteiger partial charge in [-0.25, -0.2) is 4.39 Å². The maximum atomic E-state index is 13.7. The summed E-state index contributed by atoms with van der Waals surface area (Å²) in [5.41, 5.74) is 3.02. The molecule has 2 aromatic carbocycles. The Hall–Kier alpha value is -2.71. The molecule has 138 valence electrons. The molecule has 27 heavy (non-hydrogen) atoms. The SMILES string of the molecule is Cc1ccccc1[C@@H]1[C@@H]2CN(C(=O)c3cc(F)cc(C#N)c3)C[C@@H]2CN1C. The molecule has 2 saturated heterocycles. The summed E-state index contributed by atoms with van der Waals surface area (Å²) >= 11 is 0. The minimum atomic E-state index is -0.547. The van der Waals surface area contributed by atoms with E-state index in [0.29, 0.717) is 24.9 Å². The highest BCUT2D eigenvalue weighted by Gasteiger charge is 2.47. The Balaban J connectivity index is 1.58. The van der Waals surface area contributed by atoms with Gasteiger partial charge in [-0.15, -0.1) is 0 Å². The molecule has 0 radical (unpaired) electrons. The fraction of sp³-hybridized carbons (Fsp3) is 0.364. The zero-order valence-electron chi connectivity index (χ0n) is 15.5. The van der Waals surface area contributed by atoms with Crippen LogP contribution in [0.1, 0.15) is 33.1 Å². The van der Waals surface area contributed by atoms with Crippen molar-refractivity contribution in [1.82, 2.24) is 9.80 Å². The van der Waals surface area contributed by atoms with Crippen molar-refractivity contribution in [2.75, 3.05) is 26.7 Å². The maximum Gasteiger partial charge on any atom is 0.254 e. The predicted octanol–water partition coefficient (Wildman–Crippen LogP) is 3.38. The van der Waals surface area contributed by atoms with Crippen LogP contribution in [0.15, 0.2) is 42.5 Å². The van der Waals surface area contributed by atoms with Crippen LogP contribution in [0, 0.1) is 35.9 Å². The van der Waals surface area contributed by atoms with Gasteiger partial charge in [0, 0.05) is 37.2 Å². The number of amides is 1. The molecule has 1 amide bonds. The molecule has 0 saturated carbocycles. The molecule has 2 heterocycles. The third-order valence-electron chi connectivity index (χ3n) is 5.96. The first-order valence-electron chi connectivity index (χ1n) is 9.23. The normalized spacial score (nSPS) is 24.7. The number of hydrogen-bond donors (Lipinski definition) is 0. The van der Waals surface area contributed by atoms with E-state index in [9.17, 15) is 9.18 Å². The number of nitrogens with zero attached hydrogens (tertiary/aromatic N) is 3. The number of nitriles is 1. The molecule has 2 aromatic rings. The fourth-order valence-electron chi connectivity index (χ4n) is 4.77. The second-order valence-corrected chi connectivity index (χ2v) is 7.72. The Bertz CT molecular complexity index is 935. The smallest absolute Gasteiger partial charge is 0.254 e. The van der Waals surface area contributed by atoms with Gasteiger partial charge < -0.3 is 4.90 Å². The number of hydrogen-bond acceptors (Lipinski definition) is 3. The van der Waals surface area contributed by atoms with E-state index in [2.05, 4.69) is 37.1 Å². The highest BCUT2D eigenvalue weighted by molar-refractivity contribution is 5.94. The van der Waals surface area contributed by atoms with Crippen LogP contribution in [0.2, 0.25) is 0 Å². The van der Waals surface area contributed by atoms with Crippen molar-refractivity contribution in [2.24, 2.45) is 11.8 Å². The van der Waals surface area contributed by atoms with Crippen molar-refractivity contribution in [3.63, 3.8) is 0 Å². The van der Waals surface area contributed by atoms with Crippen LogP contribution >= 0.6 is 0 Å². The molecule has 4 rings (SSSR count). The summed E-state index contributed by atoms with van der Waals surface area (Å²) in [7, 11) is 2.15. The van der Waals surface area contributed by atoms with Gasteiger partial charge in [0.25, 0.3) is 5.91 Å². The van der Waals surface area contributed by atoms with Crippen molar-refractivity contribution in [3.8, 4) is 6.07 Å². The molecule has 2 fully saturated rings.